The second-order valence-electron chi connectivity index (χ2n) is 3.98. The maximum Gasteiger partial charge on any atom is 0.339 e. The Bertz CT molecular complexity index is 547. The topological polar surface area (TPSA) is 89.9 Å². The number of ether oxygens (including phenoxy) is 1. The van der Waals surface area contributed by atoms with Gasteiger partial charge in [-0.05, 0) is 19.1 Å². The average Bonchev–Trinajstić information content (AvgIpc) is 2.61. The normalized spacial score (nSPS) is 24.0. The van der Waals surface area contributed by atoms with E-state index >= 15 is 0 Å². The lowest BCUT2D eigenvalue weighted by Gasteiger charge is -2.11. The standard InChI is InChI=1S/C11H12O6S/c1-7-2-4-8(5-3-7)18(14,15)17-10-9(12)6-16-11(10)13/h2-5,9-10,12H,6H2,1H3/t9-,10-/m1/s1. The molecule has 0 saturated carbocycles. The van der Waals surface area contributed by atoms with E-state index in [9.17, 15) is 18.3 Å². The lowest BCUT2D eigenvalue weighted by atomic mass is 10.2. The highest BCUT2D eigenvalue weighted by Crippen LogP contribution is 2.20. The highest BCUT2D eigenvalue weighted by Gasteiger charge is 2.40. The summed E-state index contributed by atoms with van der Waals surface area (Å²) in [5, 5.41) is 9.38. The number of aliphatic hydroxyl groups is 1. The number of benzene rings is 1. The minimum absolute atomic E-state index is 0.0694. The first-order chi connectivity index (χ1) is 8.40. The van der Waals surface area contributed by atoms with Gasteiger partial charge >= 0.3 is 5.97 Å². The average molecular weight is 272 g/mol. The van der Waals surface area contributed by atoms with Crippen molar-refractivity contribution in [2.24, 2.45) is 0 Å². The molecule has 7 heteroatoms. The predicted octanol–water partition coefficient (Wildman–Crippen LogP) is -0.0134. The number of esters is 1. The van der Waals surface area contributed by atoms with Gasteiger partial charge in [0.25, 0.3) is 10.1 Å². The van der Waals surface area contributed by atoms with Gasteiger partial charge in [-0.3, -0.25) is 0 Å². The smallest absolute Gasteiger partial charge is 0.339 e. The molecule has 1 fully saturated rings. The molecule has 1 aliphatic heterocycles. The zero-order valence-electron chi connectivity index (χ0n) is 9.57. The molecule has 0 bridgehead atoms. The Balaban J connectivity index is 2.22. The van der Waals surface area contributed by atoms with Crippen molar-refractivity contribution in [2.75, 3.05) is 6.61 Å². The number of rotatable bonds is 3. The number of aryl methyl sites for hydroxylation is 1. The lowest BCUT2D eigenvalue weighted by molar-refractivity contribution is -0.143. The van der Waals surface area contributed by atoms with Gasteiger partial charge < -0.3 is 9.84 Å². The molecule has 6 nitrogen and oxygen atoms in total. The number of carbonyl (C=O) groups is 1. The molecule has 0 unspecified atom stereocenters. The van der Waals surface area contributed by atoms with E-state index in [1.807, 2.05) is 6.92 Å². The highest BCUT2D eigenvalue weighted by molar-refractivity contribution is 7.86. The number of cyclic esters (lactones) is 1. The van der Waals surface area contributed by atoms with Crippen molar-refractivity contribution in [3.63, 3.8) is 0 Å². The maximum absolute atomic E-state index is 11.8. The van der Waals surface area contributed by atoms with Gasteiger partial charge in [0.15, 0.2) is 0 Å². The zero-order valence-corrected chi connectivity index (χ0v) is 10.4. The van der Waals surface area contributed by atoms with Gasteiger partial charge in [-0.1, -0.05) is 17.7 Å². The number of carbonyl (C=O) groups excluding carboxylic acids is 1. The van der Waals surface area contributed by atoms with Crippen LogP contribution >= 0.6 is 0 Å². The molecular weight excluding hydrogens is 260 g/mol. The summed E-state index contributed by atoms with van der Waals surface area (Å²) in [6, 6.07) is 5.97. The molecule has 0 radical (unpaired) electrons. The Hall–Kier alpha value is -1.44. The first-order valence-electron chi connectivity index (χ1n) is 5.25. The summed E-state index contributed by atoms with van der Waals surface area (Å²) >= 11 is 0. The molecule has 0 aromatic heterocycles. The second-order valence-corrected chi connectivity index (χ2v) is 5.55. The summed E-state index contributed by atoms with van der Waals surface area (Å²) in [5.41, 5.74) is 0.897. The monoisotopic (exact) mass is 272 g/mol. The van der Waals surface area contributed by atoms with Crippen LogP contribution < -0.4 is 0 Å². The molecule has 1 heterocycles. The van der Waals surface area contributed by atoms with Crippen LogP contribution in [0.4, 0.5) is 0 Å². The van der Waals surface area contributed by atoms with Gasteiger partial charge in [0.05, 0.1) is 4.90 Å². The summed E-state index contributed by atoms with van der Waals surface area (Å²) in [6.07, 6.45) is -2.76. The van der Waals surface area contributed by atoms with Crippen molar-refractivity contribution in [1.29, 1.82) is 0 Å². The summed E-state index contributed by atoms with van der Waals surface area (Å²) in [4.78, 5) is 11.1. The van der Waals surface area contributed by atoms with Gasteiger partial charge in [-0.25, -0.2) is 8.98 Å². The fourth-order valence-corrected chi connectivity index (χ4v) is 2.55. The van der Waals surface area contributed by atoms with Gasteiger partial charge in [-0.2, -0.15) is 8.42 Å². The van der Waals surface area contributed by atoms with E-state index in [4.69, 9.17) is 4.18 Å². The Morgan fingerprint density at radius 2 is 1.94 bits per heavy atom. The largest absolute Gasteiger partial charge is 0.461 e. The summed E-state index contributed by atoms with van der Waals surface area (Å²) in [7, 11) is -4.09. The van der Waals surface area contributed by atoms with Crippen LogP contribution in [0.5, 0.6) is 0 Å². The molecule has 1 aromatic carbocycles. The Morgan fingerprint density at radius 1 is 1.33 bits per heavy atom. The third-order valence-electron chi connectivity index (χ3n) is 2.52. The zero-order chi connectivity index (χ0) is 13.3. The maximum atomic E-state index is 11.8. The third-order valence-corrected chi connectivity index (χ3v) is 3.83. The summed E-state index contributed by atoms with van der Waals surface area (Å²) in [6.45, 7) is 1.56. The van der Waals surface area contributed by atoms with Crippen molar-refractivity contribution in [3.05, 3.63) is 29.8 Å². The SMILES string of the molecule is Cc1ccc(S(=O)(=O)O[C@H]2C(=O)OC[C@H]2O)cc1. The summed E-state index contributed by atoms with van der Waals surface area (Å²) in [5.74, 6) is -0.877. The molecule has 1 N–H and O–H groups in total. The Morgan fingerprint density at radius 3 is 2.44 bits per heavy atom. The van der Waals surface area contributed by atoms with E-state index in [-0.39, 0.29) is 11.5 Å². The second kappa shape index (κ2) is 4.68. The first kappa shape index (κ1) is 13.0. The molecule has 1 aliphatic rings. The van der Waals surface area contributed by atoms with Gasteiger partial charge in [-0.15, -0.1) is 0 Å². The fourth-order valence-electron chi connectivity index (χ4n) is 1.49. The summed E-state index contributed by atoms with van der Waals surface area (Å²) < 4.78 is 32.9. The molecule has 1 aromatic rings. The van der Waals surface area contributed by atoms with Gasteiger partial charge in [0.2, 0.25) is 6.10 Å². The van der Waals surface area contributed by atoms with Crippen LogP contribution in [0.1, 0.15) is 5.56 Å². The minimum atomic E-state index is -4.09. The Kier molecular flexibility index (Phi) is 3.38. The van der Waals surface area contributed by atoms with Crippen LogP contribution in [0.2, 0.25) is 0 Å². The predicted molar refractivity (Wildman–Crippen MR) is 60.2 cm³/mol. The molecule has 1 saturated heterocycles. The van der Waals surface area contributed by atoms with E-state index in [1.165, 1.54) is 12.1 Å². The van der Waals surface area contributed by atoms with Crippen LogP contribution in [0.15, 0.2) is 29.2 Å². The molecule has 2 rings (SSSR count). The number of aliphatic hydroxyl groups excluding tert-OH is 1. The molecule has 98 valence electrons. The van der Waals surface area contributed by atoms with E-state index in [0.29, 0.717) is 0 Å². The molecule has 18 heavy (non-hydrogen) atoms. The molecule has 2 atom stereocenters. The quantitative estimate of drug-likeness (QED) is 0.614. The first-order valence-corrected chi connectivity index (χ1v) is 6.65. The molecular formula is C11H12O6S. The van der Waals surface area contributed by atoms with Crippen LogP contribution in [0.25, 0.3) is 0 Å². The van der Waals surface area contributed by atoms with E-state index < -0.39 is 28.3 Å². The minimum Gasteiger partial charge on any atom is -0.461 e. The lowest BCUT2D eigenvalue weighted by Crippen LogP contribution is -2.32. The number of hydrogen-bond donors (Lipinski definition) is 1. The van der Waals surface area contributed by atoms with Crippen molar-refractivity contribution in [2.45, 2.75) is 24.0 Å². The Labute approximate surface area is 104 Å². The van der Waals surface area contributed by atoms with Crippen LogP contribution in [-0.2, 0) is 23.8 Å². The fraction of sp³-hybridized carbons (Fsp3) is 0.364. The van der Waals surface area contributed by atoms with Crippen molar-refractivity contribution >= 4 is 16.1 Å². The van der Waals surface area contributed by atoms with Gasteiger partial charge in [0.1, 0.15) is 12.7 Å². The van der Waals surface area contributed by atoms with Crippen molar-refractivity contribution in [1.82, 2.24) is 0 Å². The van der Waals surface area contributed by atoms with Crippen LogP contribution in [0, 0.1) is 6.92 Å². The third kappa shape index (κ3) is 2.53. The highest BCUT2D eigenvalue weighted by atomic mass is 32.2. The van der Waals surface area contributed by atoms with E-state index in [2.05, 4.69) is 4.74 Å². The van der Waals surface area contributed by atoms with Crippen molar-refractivity contribution < 1.29 is 27.2 Å². The van der Waals surface area contributed by atoms with E-state index in [0.717, 1.165) is 5.56 Å². The van der Waals surface area contributed by atoms with Crippen molar-refractivity contribution in [3.8, 4) is 0 Å². The van der Waals surface area contributed by atoms with Crippen LogP contribution in [-0.4, -0.2) is 38.3 Å². The van der Waals surface area contributed by atoms with E-state index in [1.54, 1.807) is 12.1 Å². The molecule has 0 aliphatic carbocycles. The molecule has 0 spiro atoms. The van der Waals surface area contributed by atoms with Gasteiger partial charge in [0, 0.05) is 0 Å². The van der Waals surface area contributed by atoms with Crippen LogP contribution in [0.3, 0.4) is 0 Å². The number of hydrogen-bond acceptors (Lipinski definition) is 6. The molecule has 0 amide bonds.